The van der Waals surface area contributed by atoms with Crippen LogP contribution in [-0.2, 0) is 7.05 Å². The Kier molecular flexibility index (Phi) is 6.36. The van der Waals surface area contributed by atoms with E-state index in [0.717, 1.165) is 30.3 Å². The summed E-state index contributed by atoms with van der Waals surface area (Å²) < 4.78 is 1.55. The van der Waals surface area contributed by atoms with Gasteiger partial charge in [0.15, 0.2) is 5.16 Å². The van der Waals surface area contributed by atoms with E-state index in [1.807, 2.05) is 0 Å². The maximum atomic E-state index is 11.1. The quantitative estimate of drug-likeness (QED) is 0.546. The maximum Gasteiger partial charge on any atom is 0.343 e. The predicted molar refractivity (Wildman–Crippen MR) is 71.5 cm³/mol. The number of rotatable bonds is 8. The Morgan fingerprint density at radius 1 is 1.59 bits per heavy atom. The van der Waals surface area contributed by atoms with Crippen molar-refractivity contribution in [2.75, 3.05) is 12.3 Å². The van der Waals surface area contributed by atoms with Crippen molar-refractivity contribution in [2.24, 2.45) is 7.05 Å². The van der Waals surface area contributed by atoms with E-state index in [9.17, 15) is 4.79 Å². The van der Waals surface area contributed by atoms with Crippen LogP contribution in [0.5, 0.6) is 0 Å². The summed E-state index contributed by atoms with van der Waals surface area (Å²) in [6.07, 6.45) is 3.46. The van der Waals surface area contributed by atoms with Crippen LogP contribution in [0.15, 0.2) is 9.95 Å². The second kappa shape index (κ2) is 7.55. The van der Waals surface area contributed by atoms with Crippen LogP contribution < -0.4 is 11.0 Å². The highest BCUT2D eigenvalue weighted by atomic mass is 32.2. The molecule has 1 atom stereocenters. The maximum absolute atomic E-state index is 11.1. The molecule has 0 aliphatic rings. The molecule has 0 amide bonds. The molecule has 17 heavy (non-hydrogen) atoms. The van der Waals surface area contributed by atoms with E-state index in [1.54, 1.807) is 23.4 Å². The monoisotopic (exact) mass is 258 g/mol. The van der Waals surface area contributed by atoms with Gasteiger partial charge in [-0.3, -0.25) is 4.57 Å². The summed E-state index contributed by atoms with van der Waals surface area (Å²) in [6.45, 7) is 5.47. The zero-order chi connectivity index (χ0) is 12.7. The molecule has 5 nitrogen and oxygen atoms in total. The van der Waals surface area contributed by atoms with Crippen LogP contribution in [-0.4, -0.2) is 33.1 Å². The third kappa shape index (κ3) is 4.95. The predicted octanol–water partition coefficient (Wildman–Crippen LogP) is 1.37. The van der Waals surface area contributed by atoms with Crippen molar-refractivity contribution in [3.63, 3.8) is 0 Å². The van der Waals surface area contributed by atoms with Crippen LogP contribution in [0.4, 0.5) is 0 Å². The molecule has 1 unspecified atom stereocenters. The first kappa shape index (κ1) is 14.3. The number of nitrogens with one attached hydrogen (secondary N) is 2. The van der Waals surface area contributed by atoms with Gasteiger partial charge in [0.2, 0.25) is 0 Å². The summed E-state index contributed by atoms with van der Waals surface area (Å²) in [4.78, 5) is 11.1. The highest BCUT2D eigenvalue weighted by Gasteiger charge is 2.05. The second-order valence-electron chi connectivity index (χ2n) is 4.22. The lowest BCUT2D eigenvalue weighted by molar-refractivity contribution is 0.510. The van der Waals surface area contributed by atoms with Gasteiger partial charge >= 0.3 is 5.69 Å². The number of H-pyrrole nitrogens is 1. The minimum absolute atomic E-state index is 0.148. The molecule has 0 radical (unpaired) electrons. The molecule has 0 aromatic carbocycles. The van der Waals surface area contributed by atoms with E-state index < -0.39 is 0 Å². The van der Waals surface area contributed by atoms with Crippen molar-refractivity contribution in [2.45, 2.75) is 44.3 Å². The molecule has 1 aromatic rings. The standard InChI is InChI=1S/C11H22N4OS/c1-4-7-12-9(2)6-5-8-17-11-14-13-10(16)15(11)3/h9,12H,4-8H2,1-3H3,(H,13,16). The fourth-order valence-electron chi connectivity index (χ4n) is 1.51. The van der Waals surface area contributed by atoms with Crippen molar-refractivity contribution < 1.29 is 0 Å². The van der Waals surface area contributed by atoms with E-state index >= 15 is 0 Å². The van der Waals surface area contributed by atoms with Crippen LogP contribution in [0.3, 0.4) is 0 Å². The molecule has 98 valence electrons. The Morgan fingerprint density at radius 3 is 2.94 bits per heavy atom. The number of hydrogen-bond donors (Lipinski definition) is 2. The van der Waals surface area contributed by atoms with E-state index in [2.05, 4.69) is 29.4 Å². The lowest BCUT2D eigenvalue weighted by atomic mass is 10.2. The SMILES string of the molecule is CCCNC(C)CCCSc1n[nH]c(=O)n1C. The van der Waals surface area contributed by atoms with Crippen LogP contribution in [0, 0.1) is 0 Å². The van der Waals surface area contributed by atoms with Gasteiger partial charge in [0, 0.05) is 18.8 Å². The lowest BCUT2D eigenvalue weighted by Gasteiger charge is -2.12. The largest absolute Gasteiger partial charge is 0.343 e. The molecular formula is C11H22N4OS. The fourth-order valence-corrected chi connectivity index (χ4v) is 2.39. The van der Waals surface area contributed by atoms with Gasteiger partial charge in [0.1, 0.15) is 0 Å². The Labute approximate surface area is 106 Å². The van der Waals surface area contributed by atoms with Gasteiger partial charge in [0.05, 0.1) is 0 Å². The summed E-state index contributed by atoms with van der Waals surface area (Å²) in [7, 11) is 1.74. The first-order valence-corrected chi connectivity index (χ1v) is 7.11. The molecule has 1 heterocycles. The summed E-state index contributed by atoms with van der Waals surface area (Å²) in [5.41, 5.74) is -0.148. The minimum atomic E-state index is -0.148. The first-order chi connectivity index (χ1) is 8.15. The summed E-state index contributed by atoms with van der Waals surface area (Å²) in [5.74, 6) is 0.996. The third-order valence-electron chi connectivity index (χ3n) is 2.59. The van der Waals surface area contributed by atoms with Gasteiger partial charge in [-0.1, -0.05) is 18.7 Å². The van der Waals surface area contributed by atoms with E-state index in [1.165, 1.54) is 6.42 Å². The van der Waals surface area contributed by atoms with Crippen molar-refractivity contribution in [1.82, 2.24) is 20.1 Å². The van der Waals surface area contributed by atoms with Crippen molar-refractivity contribution in [3.8, 4) is 0 Å². The molecule has 0 bridgehead atoms. The van der Waals surface area contributed by atoms with Crippen molar-refractivity contribution in [3.05, 3.63) is 10.5 Å². The number of hydrogen-bond acceptors (Lipinski definition) is 4. The van der Waals surface area contributed by atoms with Gasteiger partial charge in [-0.05, 0) is 32.7 Å². The second-order valence-corrected chi connectivity index (χ2v) is 5.28. The van der Waals surface area contributed by atoms with Gasteiger partial charge in [-0.15, -0.1) is 5.10 Å². The number of aromatic amines is 1. The van der Waals surface area contributed by atoms with E-state index in [0.29, 0.717) is 6.04 Å². The Balaban J connectivity index is 2.16. The topological polar surface area (TPSA) is 62.7 Å². The van der Waals surface area contributed by atoms with E-state index in [4.69, 9.17) is 0 Å². The molecule has 0 aliphatic heterocycles. The molecule has 1 rings (SSSR count). The van der Waals surface area contributed by atoms with Gasteiger partial charge < -0.3 is 5.32 Å². The van der Waals surface area contributed by atoms with Gasteiger partial charge in [0.25, 0.3) is 0 Å². The Bertz CT molecular complexity index is 374. The molecule has 0 saturated carbocycles. The molecule has 0 fully saturated rings. The average molecular weight is 258 g/mol. The highest BCUT2D eigenvalue weighted by Crippen LogP contribution is 2.14. The number of aromatic nitrogens is 3. The molecule has 0 saturated heterocycles. The zero-order valence-corrected chi connectivity index (χ0v) is 11.6. The molecule has 1 aromatic heterocycles. The minimum Gasteiger partial charge on any atom is -0.314 e. The summed E-state index contributed by atoms with van der Waals surface area (Å²) in [5, 5.41) is 10.6. The van der Waals surface area contributed by atoms with Crippen LogP contribution >= 0.6 is 11.8 Å². The van der Waals surface area contributed by atoms with Crippen LogP contribution in [0.25, 0.3) is 0 Å². The lowest BCUT2D eigenvalue weighted by Crippen LogP contribution is -2.26. The first-order valence-electron chi connectivity index (χ1n) is 6.12. The smallest absolute Gasteiger partial charge is 0.314 e. The number of nitrogens with zero attached hydrogens (tertiary/aromatic N) is 2. The molecule has 6 heteroatoms. The van der Waals surface area contributed by atoms with Crippen LogP contribution in [0.1, 0.15) is 33.1 Å². The zero-order valence-electron chi connectivity index (χ0n) is 10.8. The molecule has 0 aliphatic carbocycles. The average Bonchev–Trinajstić information content (AvgIpc) is 2.63. The third-order valence-corrected chi connectivity index (χ3v) is 3.71. The molecular weight excluding hydrogens is 236 g/mol. The number of thioether (sulfide) groups is 1. The van der Waals surface area contributed by atoms with Crippen molar-refractivity contribution >= 4 is 11.8 Å². The summed E-state index contributed by atoms with van der Waals surface area (Å²) in [6, 6.07) is 0.568. The molecule has 2 N–H and O–H groups in total. The Hall–Kier alpha value is -0.750. The van der Waals surface area contributed by atoms with E-state index in [-0.39, 0.29) is 5.69 Å². The summed E-state index contributed by atoms with van der Waals surface area (Å²) >= 11 is 1.63. The van der Waals surface area contributed by atoms with Gasteiger partial charge in [-0.25, -0.2) is 9.89 Å². The van der Waals surface area contributed by atoms with Crippen molar-refractivity contribution in [1.29, 1.82) is 0 Å². The Morgan fingerprint density at radius 2 is 2.35 bits per heavy atom. The normalized spacial score (nSPS) is 12.9. The van der Waals surface area contributed by atoms with Gasteiger partial charge in [-0.2, -0.15) is 0 Å². The van der Waals surface area contributed by atoms with Crippen LogP contribution in [0.2, 0.25) is 0 Å². The fraction of sp³-hybridized carbons (Fsp3) is 0.818. The highest BCUT2D eigenvalue weighted by molar-refractivity contribution is 7.99. The molecule has 0 spiro atoms.